The van der Waals surface area contributed by atoms with Crippen LogP contribution >= 0.6 is 0 Å². The van der Waals surface area contributed by atoms with Crippen molar-refractivity contribution in [3.63, 3.8) is 0 Å². The number of hydrogen-bond donors (Lipinski definition) is 0. The highest BCUT2D eigenvalue weighted by Crippen LogP contribution is 2.13. The van der Waals surface area contributed by atoms with E-state index in [0.29, 0.717) is 18.6 Å². The molecule has 0 N–H and O–H groups in total. The number of Topliss-reactive ketones (excluding diaryl/α,β-unsaturated/α-hetero) is 1. The zero-order valence-corrected chi connectivity index (χ0v) is 9.35. The van der Waals surface area contributed by atoms with Gasteiger partial charge >= 0.3 is 0 Å². The van der Waals surface area contributed by atoms with Gasteiger partial charge in [-0.25, -0.2) is 4.39 Å². The Morgan fingerprint density at radius 1 is 1.40 bits per heavy atom. The standard InChI is InChI=1S/C13H17FO/c1-3-13(15)6-4-5-11-7-8-12(14)9-10(11)2/h7-9H,3-6H2,1-2H3. The van der Waals surface area contributed by atoms with Gasteiger partial charge in [0.1, 0.15) is 11.6 Å². The number of aryl methyl sites for hydroxylation is 2. The van der Waals surface area contributed by atoms with Gasteiger partial charge in [0.05, 0.1) is 0 Å². The van der Waals surface area contributed by atoms with Crippen LogP contribution < -0.4 is 0 Å². The molecule has 0 bridgehead atoms. The quantitative estimate of drug-likeness (QED) is 0.724. The molecular formula is C13H17FO. The van der Waals surface area contributed by atoms with E-state index in [1.165, 1.54) is 12.1 Å². The van der Waals surface area contributed by atoms with Crippen LogP contribution in [0, 0.1) is 12.7 Å². The second-order valence-corrected chi connectivity index (χ2v) is 3.82. The molecule has 0 aliphatic rings. The molecule has 2 heteroatoms. The number of halogens is 1. The minimum absolute atomic E-state index is 0.194. The number of benzene rings is 1. The Kier molecular flexibility index (Phi) is 4.47. The van der Waals surface area contributed by atoms with Crippen molar-refractivity contribution in [1.29, 1.82) is 0 Å². The largest absolute Gasteiger partial charge is 0.300 e. The first-order valence-corrected chi connectivity index (χ1v) is 5.40. The van der Waals surface area contributed by atoms with Gasteiger partial charge in [0.2, 0.25) is 0 Å². The molecule has 0 amide bonds. The lowest BCUT2D eigenvalue weighted by Gasteiger charge is -2.04. The summed E-state index contributed by atoms with van der Waals surface area (Å²) in [5.74, 6) is 0.107. The predicted molar refractivity (Wildman–Crippen MR) is 59.4 cm³/mol. The van der Waals surface area contributed by atoms with Crippen molar-refractivity contribution in [2.24, 2.45) is 0 Å². The smallest absolute Gasteiger partial charge is 0.132 e. The van der Waals surface area contributed by atoms with E-state index in [0.717, 1.165) is 24.0 Å². The Balaban J connectivity index is 2.47. The third kappa shape index (κ3) is 3.82. The molecule has 0 atom stereocenters. The molecule has 0 saturated carbocycles. The maximum Gasteiger partial charge on any atom is 0.132 e. The van der Waals surface area contributed by atoms with E-state index >= 15 is 0 Å². The molecule has 0 heterocycles. The highest BCUT2D eigenvalue weighted by Gasteiger charge is 2.02. The number of carbonyl (C=O) groups is 1. The van der Waals surface area contributed by atoms with Crippen molar-refractivity contribution in [2.45, 2.75) is 39.5 Å². The third-order valence-corrected chi connectivity index (χ3v) is 2.60. The number of carbonyl (C=O) groups excluding carboxylic acids is 1. The van der Waals surface area contributed by atoms with Gasteiger partial charge < -0.3 is 0 Å². The van der Waals surface area contributed by atoms with Crippen molar-refractivity contribution in [2.75, 3.05) is 0 Å². The van der Waals surface area contributed by atoms with Crippen LogP contribution in [0.2, 0.25) is 0 Å². The summed E-state index contributed by atoms with van der Waals surface area (Å²) in [6, 6.07) is 4.82. The first kappa shape index (κ1) is 11.9. The normalized spacial score (nSPS) is 10.3. The van der Waals surface area contributed by atoms with Crippen molar-refractivity contribution >= 4 is 5.78 Å². The number of hydrogen-bond acceptors (Lipinski definition) is 1. The predicted octanol–water partition coefficient (Wildman–Crippen LogP) is 3.44. The average molecular weight is 208 g/mol. The summed E-state index contributed by atoms with van der Waals surface area (Å²) in [4.78, 5) is 11.1. The van der Waals surface area contributed by atoms with Crippen LogP contribution in [0.1, 0.15) is 37.3 Å². The highest BCUT2D eigenvalue weighted by atomic mass is 19.1. The molecule has 1 rings (SSSR count). The maximum absolute atomic E-state index is 12.8. The lowest BCUT2D eigenvalue weighted by Crippen LogP contribution is -1.97. The summed E-state index contributed by atoms with van der Waals surface area (Å²) in [7, 11) is 0. The molecule has 0 spiro atoms. The van der Waals surface area contributed by atoms with Crippen LogP contribution in [0.3, 0.4) is 0 Å². The fourth-order valence-electron chi connectivity index (χ4n) is 1.59. The van der Waals surface area contributed by atoms with E-state index in [1.54, 1.807) is 6.07 Å². The van der Waals surface area contributed by atoms with Gasteiger partial charge in [-0.15, -0.1) is 0 Å². The van der Waals surface area contributed by atoms with E-state index in [2.05, 4.69) is 0 Å². The first-order valence-electron chi connectivity index (χ1n) is 5.40. The monoisotopic (exact) mass is 208 g/mol. The van der Waals surface area contributed by atoms with Gasteiger partial charge in [-0.3, -0.25) is 4.79 Å². The van der Waals surface area contributed by atoms with Gasteiger partial charge in [-0.1, -0.05) is 13.0 Å². The molecule has 1 nitrogen and oxygen atoms in total. The van der Waals surface area contributed by atoms with Gasteiger partial charge in [-0.2, -0.15) is 0 Å². The minimum Gasteiger partial charge on any atom is -0.300 e. The SMILES string of the molecule is CCC(=O)CCCc1ccc(F)cc1C. The second kappa shape index (κ2) is 5.64. The van der Waals surface area contributed by atoms with Crippen LogP contribution in [0.25, 0.3) is 0 Å². The summed E-state index contributed by atoms with van der Waals surface area (Å²) in [5, 5.41) is 0. The molecule has 0 aliphatic heterocycles. The van der Waals surface area contributed by atoms with Crippen molar-refractivity contribution in [3.8, 4) is 0 Å². The molecular weight excluding hydrogens is 191 g/mol. The van der Waals surface area contributed by atoms with Crippen molar-refractivity contribution < 1.29 is 9.18 Å². The molecule has 1 aromatic rings. The van der Waals surface area contributed by atoms with Gasteiger partial charge in [0.15, 0.2) is 0 Å². The Morgan fingerprint density at radius 3 is 2.73 bits per heavy atom. The highest BCUT2D eigenvalue weighted by molar-refractivity contribution is 5.77. The van der Waals surface area contributed by atoms with Crippen LogP contribution in [-0.4, -0.2) is 5.78 Å². The molecule has 0 radical (unpaired) electrons. The van der Waals surface area contributed by atoms with Gasteiger partial charge in [0.25, 0.3) is 0 Å². The molecule has 82 valence electrons. The Morgan fingerprint density at radius 2 is 2.13 bits per heavy atom. The summed E-state index contributed by atoms with van der Waals surface area (Å²) < 4.78 is 12.8. The third-order valence-electron chi connectivity index (χ3n) is 2.60. The zero-order chi connectivity index (χ0) is 11.3. The summed E-state index contributed by atoms with van der Waals surface area (Å²) in [6.45, 7) is 3.78. The van der Waals surface area contributed by atoms with E-state index in [-0.39, 0.29) is 5.82 Å². The average Bonchev–Trinajstić information content (AvgIpc) is 2.21. The van der Waals surface area contributed by atoms with E-state index in [1.807, 2.05) is 13.8 Å². The molecule has 1 aromatic carbocycles. The van der Waals surface area contributed by atoms with Gasteiger partial charge in [-0.05, 0) is 43.0 Å². The molecule has 15 heavy (non-hydrogen) atoms. The van der Waals surface area contributed by atoms with Crippen LogP contribution in [0.15, 0.2) is 18.2 Å². The Hall–Kier alpha value is -1.18. The van der Waals surface area contributed by atoms with Crippen LogP contribution in [-0.2, 0) is 11.2 Å². The van der Waals surface area contributed by atoms with Crippen molar-refractivity contribution in [1.82, 2.24) is 0 Å². The fraction of sp³-hybridized carbons (Fsp3) is 0.462. The fourth-order valence-corrected chi connectivity index (χ4v) is 1.59. The molecule has 0 saturated heterocycles. The maximum atomic E-state index is 12.8. The molecule has 0 aliphatic carbocycles. The van der Waals surface area contributed by atoms with Crippen LogP contribution in [0.5, 0.6) is 0 Å². The van der Waals surface area contributed by atoms with E-state index in [4.69, 9.17) is 0 Å². The van der Waals surface area contributed by atoms with Gasteiger partial charge in [0, 0.05) is 12.8 Å². The molecule has 0 fully saturated rings. The van der Waals surface area contributed by atoms with Crippen LogP contribution in [0.4, 0.5) is 4.39 Å². The van der Waals surface area contributed by atoms with E-state index in [9.17, 15) is 9.18 Å². The molecule has 0 aromatic heterocycles. The van der Waals surface area contributed by atoms with E-state index < -0.39 is 0 Å². The summed E-state index contributed by atoms with van der Waals surface area (Å²) >= 11 is 0. The summed E-state index contributed by atoms with van der Waals surface area (Å²) in [5.41, 5.74) is 2.11. The minimum atomic E-state index is -0.194. The molecule has 0 unspecified atom stereocenters. The van der Waals surface area contributed by atoms with Crippen molar-refractivity contribution in [3.05, 3.63) is 35.1 Å². The first-order chi connectivity index (χ1) is 7.13. The Bertz CT molecular complexity index is 344. The topological polar surface area (TPSA) is 17.1 Å². The number of ketones is 1. The summed E-state index contributed by atoms with van der Waals surface area (Å²) in [6.07, 6.45) is 2.96. The lowest BCUT2D eigenvalue weighted by atomic mass is 10.0. The Labute approximate surface area is 90.3 Å². The number of rotatable bonds is 5. The zero-order valence-electron chi connectivity index (χ0n) is 9.35. The lowest BCUT2D eigenvalue weighted by molar-refractivity contribution is -0.118. The second-order valence-electron chi connectivity index (χ2n) is 3.82.